The van der Waals surface area contributed by atoms with E-state index in [1.54, 1.807) is 42.1 Å². The van der Waals surface area contributed by atoms with Crippen LogP contribution in [0.5, 0.6) is 0 Å². The molecule has 168 valence electrons. The van der Waals surface area contributed by atoms with Crippen LogP contribution in [-0.4, -0.2) is 41.3 Å². The van der Waals surface area contributed by atoms with Gasteiger partial charge in [-0.3, -0.25) is 4.79 Å². The Hall–Kier alpha value is -1.83. The number of aliphatic carboxylic acids is 1. The van der Waals surface area contributed by atoms with Crippen LogP contribution in [-0.2, 0) is 14.8 Å². The first-order chi connectivity index (χ1) is 14.7. The van der Waals surface area contributed by atoms with Crippen molar-refractivity contribution in [3.05, 3.63) is 65.7 Å². The Morgan fingerprint density at radius 3 is 2.35 bits per heavy atom. The maximum absolute atomic E-state index is 13.5. The minimum Gasteiger partial charge on any atom is -0.481 e. The first-order valence-electron chi connectivity index (χ1n) is 10.7. The summed E-state index contributed by atoms with van der Waals surface area (Å²) in [5.74, 6) is -0.254. The second-order valence-corrected chi connectivity index (χ2v) is 11.8. The Labute approximate surface area is 189 Å². The minimum atomic E-state index is -3.83. The van der Waals surface area contributed by atoms with Crippen LogP contribution in [0.1, 0.15) is 43.9 Å². The lowest BCUT2D eigenvalue weighted by Crippen LogP contribution is -2.49. The van der Waals surface area contributed by atoms with Gasteiger partial charge >= 0.3 is 5.97 Å². The highest BCUT2D eigenvalue weighted by Crippen LogP contribution is 2.42. The predicted molar refractivity (Wildman–Crippen MR) is 126 cm³/mol. The van der Waals surface area contributed by atoms with E-state index in [2.05, 4.69) is 13.8 Å². The Morgan fingerprint density at radius 1 is 1.13 bits per heavy atom. The molecule has 31 heavy (non-hydrogen) atoms. The topological polar surface area (TPSA) is 74.7 Å². The summed E-state index contributed by atoms with van der Waals surface area (Å²) in [6.45, 7) is 6.28. The van der Waals surface area contributed by atoms with Crippen molar-refractivity contribution in [2.24, 2.45) is 11.8 Å². The molecule has 0 bridgehead atoms. The van der Waals surface area contributed by atoms with Crippen molar-refractivity contribution in [3.8, 4) is 0 Å². The van der Waals surface area contributed by atoms with Gasteiger partial charge in [-0.05, 0) is 49.1 Å². The molecule has 0 unspecified atom stereocenters. The van der Waals surface area contributed by atoms with Gasteiger partial charge in [0.05, 0.1) is 16.9 Å². The third-order valence-electron chi connectivity index (χ3n) is 5.78. The number of hydrogen-bond acceptors (Lipinski definition) is 4. The first kappa shape index (κ1) is 23.8. The molecule has 2 aromatic rings. The number of thioether (sulfide) groups is 1. The molecule has 3 atom stereocenters. The standard InChI is InChI=1S/C24H31NO4S2/c1-17(2)13-14-30-23-15-22(19-11-9-18(3)10-12-19)25(16-21(23)24(26)27)31(28,29)20-7-5-4-6-8-20/h4-12,17,21-23H,13-16H2,1-3H3,(H,26,27)/t21-,22+,23-/m1/s1. The summed E-state index contributed by atoms with van der Waals surface area (Å²) in [4.78, 5) is 12.3. The summed E-state index contributed by atoms with van der Waals surface area (Å²) in [7, 11) is -3.83. The van der Waals surface area contributed by atoms with Gasteiger partial charge in [0.15, 0.2) is 0 Å². The second kappa shape index (κ2) is 10.2. The average molecular weight is 462 g/mol. The van der Waals surface area contributed by atoms with Crippen LogP contribution in [0.4, 0.5) is 0 Å². The molecule has 2 aromatic carbocycles. The number of piperidine rings is 1. The van der Waals surface area contributed by atoms with Crippen molar-refractivity contribution in [2.45, 2.75) is 49.8 Å². The van der Waals surface area contributed by atoms with E-state index in [-0.39, 0.29) is 16.7 Å². The van der Waals surface area contributed by atoms with Crippen LogP contribution in [0.25, 0.3) is 0 Å². The Morgan fingerprint density at radius 2 is 1.77 bits per heavy atom. The SMILES string of the molecule is Cc1ccc([C@@H]2C[C@@H](SCCC(C)C)[C@H](C(=O)O)CN2S(=O)(=O)c2ccccc2)cc1. The number of carboxylic acid groups (broad SMARTS) is 1. The van der Waals surface area contributed by atoms with Gasteiger partial charge in [0.2, 0.25) is 10.0 Å². The molecule has 1 heterocycles. The normalized spacial score (nSPS) is 22.5. The molecule has 5 nitrogen and oxygen atoms in total. The van der Waals surface area contributed by atoms with Crippen molar-refractivity contribution in [3.63, 3.8) is 0 Å². The van der Waals surface area contributed by atoms with Crippen LogP contribution in [0.15, 0.2) is 59.5 Å². The van der Waals surface area contributed by atoms with Crippen molar-refractivity contribution in [1.82, 2.24) is 4.31 Å². The number of aryl methyl sites for hydroxylation is 1. The lowest BCUT2D eigenvalue weighted by atomic mass is 9.90. The van der Waals surface area contributed by atoms with Crippen molar-refractivity contribution in [2.75, 3.05) is 12.3 Å². The van der Waals surface area contributed by atoms with Crippen LogP contribution in [0, 0.1) is 18.8 Å². The predicted octanol–water partition coefficient (Wildman–Crippen LogP) is 4.98. The van der Waals surface area contributed by atoms with E-state index in [1.165, 1.54) is 4.31 Å². The number of rotatable bonds is 8. The van der Waals surface area contributed by atoms with E-state index in [1.807, 2.05) is 31.2 Å². The highest BCUT2D eigenvalue weighted by atomic mass is 32.2. The largest absolute Gasteiger partial charge is 0.481 e. The van der Waals surface area contributed by atoms with Gasteiger partial charge in [0.25, 0.3) is 0 Å². The van der Waals surface area contributed by atoms with E-state index in [9.17, 15) is 18.3 Å². The first-order valence-corrected chi connectivity index (χ1v) is 13.2. The summed E-state index contributed by atoms with van der Waals surface area (Å²) in [6.07, 6.45) is 1.49. The van der Waals surface area contributed by atoms with E-state index in [0.717, 1.165) is 23.3 Å². The van der Waals surface area contributed by atoms with Gasteiger partial charge in [-0.2, -0.15) is 16.1 Å². The summed E-state index contributed by atoms with van der Waals surface area (Å²) in [5, 5.41) is 9.80. The zero-order chi connectivity index (χ0) is 22.6. The van der Waals surface area contributed by atoms with Crippen LogP contribution >= 0.6 is 11.8 Å². The van der Waals surface area contributed by atoms with Gasteiger partial charge < -0.3 is 5.11 Å². The third kappa shape index (κ3) is 5.70. The summed E-state index contributed by atoms with van der Waals surface area (Å²) in [6, 6.07) is 15.8. The summed E-state index contributed by atoms with van der Waals surface area (Å²) < 4.78 is 28.5. The maximum Gasteiger partial charge on any atom is 0.308 e. The summed E-state index contributed by atoms with van der Waals surface area (Å²) >= 11 is 1.67. The van der Waals surface area contributed by atoms with Gasteiger partial charge in [-0.1, -0.05) is 61.9 Å². The number of carboxylic acids is 1. The van der Waals surface area contributed by atoms with E-state index in [4.69, 9.17) is 0 Å². The molecular weight excluding hydrogens is 430 g/mol. The van der Waals surface area contributed by atoms with Crippen molar-refractivity contribution < 1.29 is 18.3 Å². The Kier molecular flexibility index (Phi) is 7.83. The molecule has 0 aromatic heterocycles. The molecule has 1 fully saturated rings. The molecule has 1 aliphatic rings. The molecule has 0 amide bonds. The monoisotopic (exact) mass is 461 g/mol. The zero-order valence-corrected chi connectivity index (χ0v) is 19.9. The maximum atomic E-state index is 13.5. The number of sulfonamides is 1. The molecule has 1 N–H and O–H groups in total. The highest BCUT2D eigenvalue weighted by molar-refractivity contribution is 7.99. The van der Waals surface area contributed by atoms with Gasteiger partial charge in [-0.15, -0.1) is 0 Å². The van der Waals surface area contributed by atoms with E-state index in [0.29, 0.717) is 12.3 Å². The summed E-state index contributed by atoms with van der Waals surface area (Å²) in [5.41, 5.74) is 2.01. The van der Waals surface area contributed by atoms with Crippen molar-refractivity contribution in [1.29, 1.82) is 0 Å². The van der Waals surface area contributed by atoms with Crippen molar-refractivity contribution >= 4 is 27.8 Å². The molecule has 7 heteroatoms. The highest BCUT2D eigenvalue weighted by Gasteiger charge is 2.45. The molecule has 0 spiro atoms. The van der Waals surface area contributed by atoms with Gasteiger partial charge in [-0.25, -0.2) is 8.42 Å². The smallest absolute Gasteiger partial charge is 0.308 e. The quantitative estimate of drug-likeness (QED) is 0.600. The number of benzene rings is 2. The molecule has 0 saturated carbocycles. The fraction of sp³-hybridized carbons (Fsp3) is 0.458. The van der Waals surface area contributed by atoms with Gasteiger partial charge in [0, 0.05) is 11.8 Å². The fourth-order valence-electron chi connectivity index (χ4n) is 3.90. The number of carbonyl (C=O) groups is 1. The average Bonchev–Trinajstić information content (AvgIpc) is 2.74. The molecular formula is C24H31NO4S2. The van der Waals surface area contributed by atoms with Crippen LogP contribution < -0.4 is 0 Å². The molecule has 1 aliphatic heterocycles. The fourth-order valence-corrected chi connectivity index (χ4v) is 7.24. The lowest BCUT2D eigenvalue weighted by Gasteiger charge is -2.42. The lowest BCUT2D eigenvalue weighted by molar-refractivity contribution is -0.143. The number of hydrogen-bond donors (Lipinski definition) is 1. The van der Waals surface area contributed by atoms with E-state index < -0.39 is 28.0 Å². The van der Waals surface area contributed by atoms with Crippen LogP contribution in [0.2, 0.25) is 0 Å². The van der Waals surface area contributed by atoms with Gasteiger partial charge in [0.1, 0.15) is 0 Å². The molecule has 3 rings (SSSR count). The van der Waals surface area contributed by atoms with E-state index >= 15 is 0 Å². The van der Waals surface area contributed by atoms with Crippen LogP contribution in [0.3, 0.4) is 0 Å². The molecule has 0 aliphatic carbocycles. The third-order valence-corrected chi connectivity index (χ3v) is 9.09. The molecule has 0 radical (unpaired) electrons. The number of nitrogens with zero attached hydrogens (tertiary/aromatic N) is 1. The molecule has 1 saturated heterocycles. The second-order valence-electron chi connectivity index (χ2n) is 8.59. The Balaban J connectivity index is 1.98. The zero-order valence-electron chi connectivity index (χ0n) is 18.3. The minimum absolute atomic E-state index is 0.0234. The Bertz CT molecular complexity index is 974.